The van der Waals surface area contributed by atoms with Crippen molar-refractivity contribution in [1.29, 1.82) is 0 Å². The Balaban J connectivity index is 0.00000118. The van der Waals surface area contributed by atoms with Gasteiger partial charge >= 0.3 is 16.6 Å². The summed E-state index contributed by atoms with van der Waals surface area (Å²) >= 11 is 0. The molecule has 2 aromatic rings. The van der Waals surface area contributed by atoms with E-state index in [4.69, 9.17) is 17.7 Å². The standard InChI is InChI=1S/C23H29NO8S2.O3S/c1-16-23(2,12-5-3-4-7-21(25)26)22-19-15-18(34(30,31)32)10-8-17(19)9-11-20(22)24(16)13-6-14-33(27,28)29;1-4(2)3/h8-11,15H,3-7,12-14H2,1-2H3,(H2-,25,26,27,28,29,30,31,32);. The van der Waals surface area contributed by atoms with Gasteiger partial charge in [0.15, 0.2) is 5.71 Å². The van der Waals surface area contributed by atoms with Crippen molar-refractivity contribution in [3.8, 4) is 0 Å². The minimum absolute atomic E-state index is 0.0897. The molecular weight excluding hydrogens is 562 g/mol. The van der Waals surface area contributed by atoms with Crippen LogP contribution < -0.4 is 0 Å². The first kappa shape index (κ1) is 31.5. The summed E-state index contributed by atoms with van der Waals surface area (Å²) in [6, 6.07) is 8.16. The van der Waals surface area contributed by atoms with Crippen LogP contribution in [0.3, 0.4) is 0 Å². The van der Waals surface area contributed by atoms with Gasteiger partial charge in [-0.05, 0) is 48.7 Å². The van der Waals surface area contributed by atoms with Gasteiger partial charge in [0.25, 0.3) is 10.1 Å². The van der Waals surface area contributed by atoms with E-state index in [-0.39, 0.29) is 17.7 Å². The predicted octanol–water partition coefficient (Wildman–Crippen LogP) is 2.43. The Bertz CT molecular complexity index is 1570. The quantitative estimate of drug-likeness (QED) is 0.221. The molecule has 2 N–H and O–H groups in total. The van der Waals surface area contributed by atoms with Crippen molar-refractivity contribution in [3.05, 3.63) is 35.9 Å². The number of benzene rings is 2. The third-order valence-corrected chi connectivity index (χ3v) is 8.30. The molecule has 0 aliphatic carbocycles. The largest absolute Gasteiger partial charge is 0.748 e. The van der Waals surface area contributed by atoms with E-state index in [0.29, 0.717) is 31.2 Å². The van der Waals surface area contributed by atoms with Gasteiger partial charge in [-0.25, -0.2) is 8.42 Å². The van der Waals surface area contributed by atoms with Crippen LogP contribution in [0.2, 0.25) is 0 Å². The number of hydrogen-bond donors (Lipinski definition) is 2. The van der Waals surface area contributed by atoms with Gasteiger partial charge in [-0.2, -0.15) is 13.0 Å². The summed E-state index contributed by atoms with van der Waals surface area (Å²) in [7, 11) is -11.9. The number of nitrogens with zero attached hydrogens (tertiary/aromatic N) is 1. The Morgan fingerprint density at radius 2 is 1.63 bits per heavy atom. The minimum atomic E-state index is -4.42. The number of fused-ring (bicyclic) bond motifs is 3. The van der Waals surface area contributed by atoms with Gasteiger partial charge in [-0.1, -0.05) is 18.9 Å². The molecule has 0 amide bonds. The molecule has 210 valence electrons. The van der Waals surface area contributed by atoms with E-state index < -0.39 is 48.0 Å². The second-order valence-electron chi connectivity index (χ2n) is 9.16. The summed E-state index contributed by atoms with van der Waals surface area (Å²) < 4.78 is 93.8. The number of carboxylic acids is 1. The van der Waals surface area contributed by atoms with Gasteiger partial charge in [-0.15, -0.1) is 12.6 Å². The smallest absolute Gasteiger partial charge is 0.425 e. The maximum absolute atomic E-state index is 11.8. The molecule has 15 heteroatoms. The van der Waals surface area contributed by atoms with E-state index in [0.717, 1.165) is 28.8 Å². The van der Waals surface area contributed by atoms with Crippen LogP contribution in [0.1, 0.15) is 57.9 Å². The molecule has 0 bridgehead atoms. The molecule has 0 aromatic heterocycles. The first-order valence-electron chi connectivity index (χ1n) is 11.6. The lowest BCUT2D eigenvalue weighted by Gasteiger charge is -2.24. The molecule has 0 saturated heterocycles. The maximum atomic E-state index is 11.8. The normalized spacial score (nSPS) is 17.2. The van der Waals surface area contributed by atoms with Crippen LogP contribution in [-0.4, -0.2) is 72.2 Å². The van der Waals surface area contributed by atoms with Crippen LogP contribution in [0.15, 0.2) is 35.2 Å². The zero-order valence-corrected chi connectivity index (χ0v) is 23.2. The van der Waals surface area contributed by atoms with Gasteiger partial charge in [0.05, 0.1) is 20.4 Å². The van der Waals surface area contributed by atoms with E-state index in [1.807, 2.05) is 30.6 Å². The van der Waals surface area contributed by atoms with E-state index in [1.165, 1.54) is 12.1 Å². The summed E-state index contributed by atoms with van der Waals surface area (Å²) in [6.45, 7) is 4.27. The topological polar surface area (TPSA) is 203 Å². The zero-order chi connectivity index (χ0) is 28.9. The number of hydrogen-bond acceptors (Lipinski definition) is 9. The summed E-state index contributed by atoms with van der Waals surface area (Å²) in [6.07, 6.45) is 2.88. The van der Waals surface area contributed by atoms with Crippen LogP contribution in [0.4, 0.5) is 5.69 Å². The Morgan fingerprint density at radius 1 is 1.03 bits per heavy atom. The van der Waals surface area contributed by atoms with E-state index in [9.17, 15) is 30.7 Å². The molecule has 1 aliphatic heterocycles. The summed E-state index contributed by atoms with van der Waals surface area (Å²) in [5.41, 5.74) is 2.07. The Morgan fingerprint density at radius 3 is 2.18 bits per heavy atom. The number of rotatable bonds is 11. The maximum Gasteiger partial charge on any atom is 0.425 e. The van der Waals surface area contributed by atoms with Crippen LogP contribution >= 0.6 is 0 Å². The van der Waals surface area contributed by atoms with Crippen molar-refractivity contribution in [2.75, 3.05) is 12.3 Å². The van der Waals surface area contributed by atoms with Gasteiger partial charge in [0, 0.05) is 37.1 Å². The molecule has 0 radical (unpaired) electrons. The third-order valence-electron chi connectivity index (χ3n) is 6.66. The number of unbranched alkanes of at least 4 members (excludes halogenated alkanes) is 2. The van der Waals surface area contributed by atoms with Crippen molar-refractivity contribution in [2.45, 2.75) is 62.7 Å². The second-order valence-corrected chi connectivity index (χ2v) is 12.5. The van der Waals surface area contributed by atoms with Crippen LogP contribution in [0.5, 0.6) is 0 Å². The SMILES string of the molecule is CC1=[N+](CCCS(=O)(=O)[O-])c2ccc3ccc(S(=O)(=O)O)cc3c2C1(C)CCCCCC(=O)O.O=S(=O)=O. The molecule has 38 heavy (non-hydrogen) atoms. The molecule has 0 fully saturated rings. The van der Waals surface area contributed by atoms with Gasteiger partial charge < -0.3 is 9.66 Å². The van der Waals surface area contributed by atoms with Gasteiger partial charge in [-0.3, -0.25) is 9.35 Å². The number of carbonyl (C=O) groups is 1. The molecule has 1 unspecified atom stereocenters. The first-order valence-corrected chi connectivity index (χ1v) is 15.6. The third kappa shape index (κ3) is 8.14. The van der Waals surface area contributed by atoms with E-state index in [1.54, 1.807) is 6.07 Å². The molecule has 2 aromatic carbocycles. The fourth-order valence-corrected chi connectivity index (χ4v) is 5.83. The van der Waals surface area contributed by atoms with Crippen molar-refractivity contribution >= 4 is 59.0 Å². The highest BCUT2D eigenvalue weighted by molar-refractivity contribution is 7.86. The molecular formula is C23H29NO11S3. The number of carboxylic acid groups (broad SMARTS) is 1. The lowest BCUT2D eigenvalue weighted by Crippen LogP contribution is -2.31. The van der Waals surface area contributed by atoms with Gasteiger partial charge in [0.1, 0.15) is 6.54 Å². The number of aliphatic carboxylic acids is 1. The highest BCUT2D eigenvalue weighted by atomic mass is 32.2. The van der Waals surface area contributed by atoms with Crippen molar-refractivity contribution in [2.24, 2.45) is 0 Å². The lowest BCUT2D eigenvalue weighted by molar-refractivity contribution is -0.438. The van der Waals surface area contributed by atoms with Crippen LogP contribution in [0, 0.1) is 0 Å². The van der Waals surface area contributed by atoms with Crippen LogP contribution in [-0.2, 0) is 41.1 Å². The molecule has 0 spiro atoms. The Kier molecular flexibility index (Phi) is 10.3. The van der Waals surface area contributed by atoms with Crippen molar-refractivity contribution in [1.82, 2.24) is 0 Å². The Hall–Kier alpha value is -2.72. The highest BCUT2D eigenvalue weighted by Gasteiger charge is 2.47. The van der Waals surface area contributed by atoms with Crippen LogP contribution in [0.25, 0.3) is 10.8 Å². The molecule has 1 heterocycles. The fraction of sp³-hybridized carbons (Fsp3) is 0.478. The second kappa shape index (κ2) is 12.4. The van der Waals surface area contributed by atoms with Crippen molar-refractivity contribution < 1.29 is 53.0 Å². The van der Waals surface area contributed by atoms with Gasteiger partial charge in [0.2, 0.25) is 5.69 Å². The molecule has 3 rings (SSSR count). The molecule has 0 saturated carbocycles. The monoisotopic (exact) mass is 591 g/mol. The summed E-state index contributed by atoms with van der Waals surface area (Å²) in [5, 5.41) is 10.3. The van der Waals surface area contributed by atoms with E-state index >= 15 is 0 Å². The average molecular weight is 592 g/mol. The van der Waals surface area contributed by atoms with E-state index in [2.05, 4.69) is 0 Å². The minimum Gasteiger partial charge on any atom is -0.748 e. The van der Waals surface area contributed by atoms with Crippen molar-refractivity contribution in [3.63, 3.8) is 0 Å². The zero-order valence-electron chi connectivity index (χ0n) is 20.8. The fourth-order valence-electron chi connectivity index (χ4n) is 4.84. The first-order chi connectivity index (χ1) is 17.5. The summed E-state index contributed by atoms with van der Waals surface area (Å²) in [4.78, 5) is 10.6. The molecule has 12 nitrogen and oxygen atoms in total. The summed E-state index contributed by atoms with van der Waals surface area (Å²) in [5.74, 6) is -1.33. The molecule has 1 aliphatic rings. The lowest BCUT2D eigenvalue weighted by atomic mass is 9.74. The molecule has 1 atom stereocenters. The average Bonchev–Trinajstić information content (AvgIpc) is 2.98. The predicted molar refractivity (Wildman–Crippen MR) is 136 cm³/mol. The highest BCUT2D eigenvalue weighted by Crippen LogP contribution is 2.47. The Labute approximate surface area is 222 Å².